The largest absolute Gasteiger partial charge is 0.505 e. The lowest BCUT2D eigenvalue weighted by Crippen LogP contribution is -2.13. The quantitative estimate of drug-likeness (QED) is 0.142. The van der Waals surface area contributed by atoms with Crippen LogP contribution in [0.4, 0.5) is 17.1 Å². The van der Waals surface area contributed by atoms with Crippen LogP contribution in [0.2, 0.25) is 10.0 Å². The summed E-state index contributed by atoms with van der Waals surface area (Å²) in [6.07, 6.45) is 0.247. The van der Waals surface area contributed by atoms with Gasteiger partial charge in [0, 0.05) is 21.5 Å². The molecule has 39 heavy (non-hydrogen) atoms. The Balaban J connectivity index is 1.84. The standard InChI is InChI=1S/C27H23Cl2N3O6S/c1-3-15-11-18(29)13-22(26(15)39(35,36)37)31-32-24-19-8-6-5-7-16(19)12-20(25(24)33)27(34)30-21-10-9-17(28)14-23(21)38-4-2/h5-14,33H,3-4H2,1-2H3,(H,30,34)(H,35,36,37). The Kier molecular flexibility index (Phi) is 8.41. The normalized spacial score (nSPS) is 11.7. The number of aromatic hydroxyl groups is 1. The van der Waals surface area contributed by atoms with Gasteiger partial charge in [-0.2, -0.15) is 8.42 Å². The van der Waals surface area contributed by atoms with Crippen molar-refractivity contribution in [2.75, 3.05) is 11.9 Å². The van der Waals surface area contributed by atoms with E-state index in [2.05, 4.69) is 15.5 Å². The van der Waals surface area contributed by atoms with E-state index in [1.165, 1.54) is 18.2 Å². The van der Waals surface area contributed by atoms with Crippen LogP contribution in [0, 0.1) is 0 Å². The number of hydrogen-bond donors (Lipinski definition) is 3. The van der Waals surface area contributed by atoms with Crippen molar-refractivity contribution in [1.82, 2.24) is 0 Å². The Labute approximate surface area is 234 Å². The summed E-state index contributed by atoms with van der Waals surface area (Å²) >= 11 is 12.2. The number of phenols is 1. The summed E-state index contributed by atoms with van der Waals surface area (Å²) in [6.45, 7) is 3.82. The summed E-state index contributed by atoms with van der Waals surface area (Å²) in [4.78, 5) is 12.9. The van der Waals surface area contributed by atoms with Gasteiger partial charge in [0.05, 0.1) is 17.9 Å². The maximum absolute atomic E-state index is 13.3. The van der Waals surface area contributed by atoms with Crippen molar-refractivity contribution in [3.63, 3.8) is 0 Å². The van der Waals surface area contributed by atoms with Crippen LogP contribution in [0.15, 0.2) is 75.8 Å². The second-order valence-corrected chi connectivity index (χ2v) is 10.5. The number of ether oxygens (including phenoxy) is 1. The zero-order valence-electron chi connectivity index (χ0n) is 20.8. The van der Waals surface area contributed by atoms with Crippen molar-refractivity contribution in [3.8, 4) is 11.5 Å². The second kappa shape index (κ2) is 11.6. The van der Waals surface area contributed by atoms with Crippen LogP contribution in [0.3, 0.4) is 0 Å². The monoisotopic (exact) mass is 587 g/mol. The number of halogens is 2. The third-order valence-corrected chi connectivity index (χ3v) is 7.18. The van der Waals surface area contributed by atoms with Crippen molar-refractivity contribution < 1.29 is 27.6 Å². The molecule has 0 spiro atoms. The van der Waals surface area contributed by atoms with Gasteiger partial charge < -0.3 is 15.2 Å². The van der Waals surface area contributed by atoms with E-state index < -0.39 is 26.7 Å². The molecule has 0 aromatic heterocycles. The topological polar surface area (TPSA) is 138 Å². The molecule has 0 bridgehead atoms. The Morgan fingerprint density at radius 3 is 2.44 bits per heavy atom. The van der Waals surface area contributed by atoms with Crippen LogP contribution in [-0.2, 0) is 16.5 Å². The van der Waals surface area contributed by atoms with Gasteiger partial charge in [0.25, 0.3) is 16.0 Å². The predicted octanol–water partition coefficient (Wildman–Crippen LogP) is 7.73. The van der Waals surface area contributed by atoms with Crippen molar-refractivity contribution in [3.05, 3.63) is 81.8 Å². The summed E-state index contributed by atoms with van der Waals surface area (Å²) in [7, 11) is -4.68. The molecule has 0 saturated carbocycles. The average Bonchev–Trinajstić information content (AvgIpc) is 2.88. The number of aryl methyl sites for hydroxylation is 1. The Morgan fingerprint density at radius 2 is 1.74 bits per heavy atom. The van der Waals surface area contributed by atoms with Crippen LogP contribution in [0.5, 0.6) is 11.5 Å². The van der Waals surface area contributed by atoms with E-state index in [0.29, 0.717) is 33.8 Å². The Morgan fingerprint density at radius 1 is 1.00 bits per heavy atom. The maximum atomic E-state index is 13.3. The molecule has 4 aromatic carbocycles. The number of carbonyl (C=O) groups is 1. The average molecular weight is 588 g/mol. The van der Waals surface area contributed by atoms with E-state index in [4.69, 9.17) is 27.9 Å². The fourth-order valence-electron chi connectivity index (χ4n) is 4.03. The van der Waals surface area contributed by atoms with Crippen LogP contribution < -0.4 is 10.1 Å². The molecule has 0 heterocycles. The van der Waals surface area contributed by atoms with Crippen molar-refractivity contribution in [2.45, 2.75) is 25.2 Å². The molecule has 1 amide bonds. The first kappa shape index (κ1) is 28.3. The fraction of sp³-hybridized carbons (Fsp3) is 0.148. The van der Waals surface area contributed by atoms with Crippen LogP contribution in [0.25, 0.3) is 10.8 Å². The molecule has 3 N–H and O–H groups in total. The minimum atomic E-state index is -4.68. The van der Waals surface area contributed by atoms with Gasteiger partial charge >= 0.3 is 0 Å². The second-order valence-electron chi connectivity index (χ2n) is 8.31. The predicted molar refractivity (Wildman–Crippen MR) is 151 cm³/mol. The molecule has 0 radical (unpaired) electrons. The van der Waals surface area contributed by atoms with Gasteiger partial charge in [-0.1, -0.05) is 54.4 Å². The zero-order valence-corrected chi connectivity index (χ0v) is 23.1. The van der Waals surface area contributed by atoms with E-state index in [-0.39, 0.29) is 33.9 Å². The molecular weight excluding hydrogens is 565 g/mol. The van der Waals surface area contributed by atoms with E-state index in [1.54, 1.807) is 56.3 Å². The Bertz CT molecular complexity index is 1720. The highest BCUT2D eigenvalue weighted by Gasteiger charge is 2.23. The SMILES string of the molecule is CCOc1cc(Cl)ccc1NC(=O)c1cc2ccccc2c(N=Nc2cc(Cl)cc(CC)c2S(=O)(=O)O)c1O. The van der Waals surface area contributed by atoms with Crippen LogP contribution in [0.1, 0.15) is 29.8 Å². The highest BCUT2D eigenvalue weighted by atomic mass is 35.5. The molecule has 4 rings (SSSR count). The highest BCUT2D eigenvalue weighted by Crippen LogP contribution is 2.41. The zero-order chi connectivity index (χ0) is 28.3. The minimum absolute atomic E-state index is 0.0845. The molecule has 0 atom stereocenters. The third-order valence-electron chi connectivity index (χ3n) is 5.74. The lowest BCUT2D eigenvalue weighted by molar-refractivity contribution is 0.102. The van der Waals surface area contributed by atoms with Gasteiger partial charge in [0.2, 0.25) is 0 Å². The van der Waals surface area contributed by atoms with Gasteiger partial charge in [0.15, 0.2) is 5.75 Å². The number of amides is 1. The van der Waals surface area contributed by atoms with Gasteiger partial charge in [-0.15, -0.1) is 10.2 Å². The molecular formula is C27H23Cl2N3O6S. The van der Waals surface area contributed by atoms with Crippen molar-refractivity contribution in [1.29, 1.82) is 0 Å². The summed E-state index contributed by atoms with van der Waals surface area (Å²) in [5.41, 5.74) is 0.164. The first-order valence-corrected chi connectivity index (χ1v) is 13.9. The number of hydrogen-bond acceptors (Lipinski definition) is 7. The van der Waals surface area contributed by atoms with Gasteiger partial charge in [-0.05, 0) is 54.6 Å². The molecule has 9 nitrogen and oxygen atoms in total. The van der Waals surface area contributed by atoms with E-state index in [1.807, 2.05) is 0 Å². The summed E-state index contributed by atoms with van der Waals surface area (Å²) < 4.78 is 39.7. The molecule has 0 aliphatic rings. The van der Waals surface area contributed by atoms with E-state index in [9.17, 15) is 22.9 Å². The van der Waals surface area contributed by atoms with Crippen molar-refractivity contribution in [2.24, 2.45) is 10.2 Å². The molecule has 0 unspecified atom stereocenters. The number of rotatable bonds is 8. The smallest absolute Gasteiger partial charge is 0.297 e. The fourth-order valence-corrected chi connectivity index (χ4v) is 5.32. The summed E-state index contributed by atoms with van der Waals surface area (Å²) in [5.74, 6) is -0.801. The number of fused-ring (bicyclic) bond motifs is 1. The number of azo groups is 1. The number of carbonyl (C=O) groups excluding carboxylic acids is 1. The number of nitrogens with zero attached hydrogens (tertiary/aromatic N) is 2. The minimum Gasteiger partial charge on any atom is -0.505 e. The Hall–Kier alpha value is -3.70. The van der Waals surface area contributed by atoms with E-state index >= 15 is 0 Å². The highest BCUT2D eigenvalue weighted by molar-refractivity contribution is 7.86. The van der Waals surface area contributed by atoms with Crippen molar-refractivity contribution >= 4 is 67.1 Å². The van der Waals surface area contributed by atoms with Crippen LogP contribution in [-0.4, -0.2) is 30.6 Å². The van der Waals surface area contributed by atoms with E-state index in [0.717, 1.165) is 0 Å². The third kappa shape index (κ3) is 6.15. The maximum Gasteiger partial charge on any atom is 0.297 e. The molecule has 4 aromatic rings. The lowest BCUT2D eigenvalue weighted by Gasteiger charge is -2.14. The number of phenolic OH excluding ortho intramolecular Hbond substituents is 1. The van der Waals surface area contributed by atoms with Gasteiger partial charge in [0.1, 0.15) is 22.0 Å². The number of anilines is 1. The molecule has 0 fully saturated rings. The number of benzene rings is 4. The van der Waals surface area contributed by atoms with Crippen LogP contribution >= 0.6 is 23.2 Å². The van der Waals surface area contributed by atoms with Gasteiger partial charge in [-0.3, -0.25) is 9.35 Å². The first-order valence-electron chi connectivity index (χ1n) is 11.7. The first-order chi connectivity index (χ1) is 18.5. The molecule has 202 valence electrons. The van der Waals surface area contributed by atoms with Gasteiger partial charge in [-0.25, -0.2) is 0 Å². The summed E-state index contributed by atoms with van der Waals surface area (Å²) in [6, 6.07) is 15.7. The molecule has 0 saturated heterocycles. The molecule has 12 heteroatoms. The molecule has 0 aliphatic heterocycles. The lowest BCUT2D eigenvalue weighted by atomic mass is 10.0. The summed E-state index contributed by atoms with van der Waals surface area (Å²) in [5, 5.41) is 23.6. The number of nitrogens with one attached hydrogen (secondary N) is 1. The molecule has 0 aliphatic carbocycles.